The summed E-state index contributed by atoms with van der Waals surface area (Å²) in [6, 6.07) is 15.2. The van der Waals surface area contributed by atoms with Crippen LogP contribution in [0.15, 0.2) is 42.5 Å². The fourth-order valence-electron chi connectivity index (χ4n) is 3.55. The first-order valence-corrected chi connectivity index (χ1v) is 11.6. The van der Waals surface area contributed by atoms with Crippen molar-refractivity contribution in [1.82, 2.24) is 14.8 Å². The van der Waals surface area contributed by atoms with Gasteiger partial charge in [0.05, 0.1) is 18.2 Å². The van der Waals surface area contributed by atoms with Crippen LogP contribution < -0.4 is 10.2 Å². The van der Waals surface area contributed by atoms with Gasteiger partial charge in [0.25, 0.3) is 0 Å². The molecule has 0 fully saturated rings. The van der Waals surface area contributed by atoms with E-state index in [1.165, 1.54) is 0 Å². The highest BCUT2D eigenvalue weighted by molar-refractivity contribution is 7.72. The van der Waals surface area contributed by atoms with E-state index < -0.39 is 0 Å². The second-order valence-corrected chi connectivity index (χ2v) is 8.75. The molecule has 0 saturated heterocycles. The summed E-state index contributed by atoms with van der Waals surface area (Å²) in [4.78, 5) is 26.4. The third kappa shape index (κ3) is 6.50. The minimum Gasteiger partial charge on any atom is -0.375 e. The number of ketones is 1. The first-order chi connectivity index (χ1) is 16.3. The van der Waals surface area contributed by atoms with Crippen molar-refractivity contribution < 1.29 is 9.59 Å². The van der Waals surface area contributed by atoms with Crippen molar-refractivity contribution in [2.75, 3.05) is 23.8 Å². The number of anilines is 2. The van der Waals surface area contributed by atoms with Gasteiger partial charge in [0.1, 0.15) is 0 Å². The van der Waals surface area contributed by atoms with Crippen LogP contribution in [0.1, 0.15) is 30.4 Å². The number of aryl methyl sites for hydroxylation is 1. The number of H-pyrrole nitrogens is 2. The number of amides is 1. The van der Waals surface area contributed by atoms with Gasteiger partial charge in [-0.1, -0.05) is 12.1 Å². The third-order valence-electron chi connectivity index (χ3n) is 5.41. The number of carbonyl (C=O) groups excluding carboxylic acids is 2. The van der Waals surface area contributed by atoms with Crippen LogP contribution in [0.5, 0.6) is 0 Å². The molecule has 3 aromatic rings. The van der Waals surface area contributed by atoms with E-state index in [4.69, 9.17) is 29.7 Å². The zero-order valence-electron chi connectivity index (χ0n) is 19.1. The summed E-state index contributed by atoms with van der Waals surface area (Å²) in [6.07, 6.45) is 1.19. The summed E-state index contributed by atoms with van der Waals surface area (Å²) in [5.74, 6) is -0.174. The van der Waals surface area contributed by atoms with Gasteiger partial charge in [0, 0.05) is 37.8 Å². The number of aromatic nitrogens is 3. The van der Waals surface area contributed by atoms with Gasteiger partial charge in [-0.2, -0.15) is 5.26 Å². The second-order valence-electron chi connectivity index (χ2n) is 7.98. The minimum absolute atomic E-state index is 0.0807. The van der Waals surface area contributed by atoms with Gasteiger partial charge in [0.15, 0.2) is 15.3 Å². The summed E-state index contributed by atoms with van der Waals surface area (Å²) in [5, 5.41) is 17.2. The average molecular weight is 495 g/mol. The van der Waals surface area contributed by atoms with Crippen molar-refractivity contribution in [1.29, 1.82) is 5.26 Å². The summed E-state index contributed by atoms with van der Waals surface area (Å²) >= 11 is 10.5. The Labute approximate surface area is 208 Å². The van der Waals surface area contributed by atoms with E-state index in [-0.39, 0.29) is 24.5 Å². The number of aromatic amines is 2. The number of Topliss-reactive ketones (excluding diaryl/α,β-unsaturated/α-hetero) is 1. The molecule has 0 aliphatic heterocycles. The Morgan fingerprint density at radius 2 is 1.88 bits per heavy atom. The maximum atomic E-state index is 12.5. The second kappa shape index (κ2) is 11.5. The Balaban J connectivity index is 1.55. The van der Waals surface area contributed by atoms with Crippen molar-refractivity contribution in [3.63, 3.8) is 0 Å². The Kier molecular flexibility index (Phi) is 8.51. The zero-order chi connectivity index (χ0) is 24.7. The molecular weight excluding hydrogens is 468 g/mol. The first kappa shape index (κ1) is 25.1. The van der Waals surface area contributed by atoms with E-state index in [0.29, 0.717) is 34.6 Å². The van der Waals surface area contributed by atoms with E-state index in [2.05, 4.69) is 20.4 Å². The smallest absolute Gasteiger partial charge is 0.224 e. The summed E-state index contributed by atoms with van der Waals surface area (Å²) < 4.78 is 2.58. The SMILES string of the molecule is Cc1ccc(N(C)CCCC(=O)Nc2cccc(-n3c(=S)[nH][nH]c3=S)c2)cc1CC(=O)CC#N. The highest BCUT2D eigenvalue weighted by Gasteiger charge is 2.10. The van der Waals surface area contributed by atoms with E-state index in [1.807, 2.05) is 62.5 Å². The molecule has 2 aromatic carbocycles. The molecule has 3 N–H and O–H groups in total. The number of hydrogen-bond donors (Lipinski definition) is 3. The van der Waals surface area contributed by atoms with Crippen molar-refractivity contribution in [3.05, 3.63) is 63.1 Å². The first-order valence-electron chi connectivity index (χ1n) is 10.8. The Bertz CT molecular complexity index is 1320. The lowest BCUT2D eigenvalue weighted by atomic mass is 10.0. The largest absolute Gasteiger partial charge is 0.375 e. The van der Waals surface area contributed by atoms with Gasteiger partial charge in [-0.15, -0.1) is 0 Å². The Morgan fingerprint density at radius 3 is 2.59 bits per heavy atom. The Morgan fingerprint density at radius 1 is 1.15 bits per heavy atom. The molecule has 0 atom stereocenters. The number of rotatable bonds is 10. The maximum absolute atomic E-state index is 12.5. The fourth-order valence-corrected chi connectivity index (χ4v) is 4.10. The van der Waals surface area contributed by atoms with Crippen molar-refractivity contribution in [2.45, 2.75) is 32.6 Å². The van der Waals surface area contributed by atoms with Crippen molar-refractivity contribution in [2.24, 2.45) is 0 Å². The highest BCUT2D eigenvalue weighted by Crippen LogP contribution is 2.20. The van der Waals surface area contributed by atoms with Gasteiger partial charge in [-0.25, -0.2) is 0 Å². The standard InChI is InChI=1S/C24H26N6O2S2/c1-16-8-9-19(13-17(16)14-21(31)10-11-25)29(2)12-4-7-22(32)26-18-5-3-6-20(15-18)30-23(33)27-28-24(30)34/h3,5-6,8-9,13,15H,4,7,10,12,14H2,1-2H3,(H,26,32)(H,27,33)(H,28,34). The van der Waals surface area contributed by atoms with E-state index in [1.54, 1.807) is 4.57 Å². The van der Waals surface area contributed by atoms with Crippen LogP contribution in [-0.4, -0.2) is 40.0 Å². The molecule has 0 spiro atoms. The molecule has 3 rings (SSSR count). The maximum Gasteiger partial charge on any atom is 0.224 e. The van der Waals surface area contributed by atoms with Crippen molar-refractivity contribution in [3.8, 4) is 11.8 Å². The van der Waals surface area contributed by atoms with Crippen LogP contribution in [0.2, 0.25) is 0 Å². The minimum atomic E-state index is -0.0907. The third-order valence-corrected chi connectivity index (χ3v) is 5.97. The normalized spacial score (nSPS) is 10.5. The lowest BCUT2D eigenvalue weighted by Gasteiger charge is -2.20. The van der Waals surface area contributed by atoms with Gasteiger partial charge in [-0.05, 0) is 79.2 Å². The van der Waals surface area contributed by atoms with Gasteiger partial charge in [-0.3, -0.25) is 24.4 Å². The molecule has 0 unspecified atom stereocenters. The van der Waals surface area contributed by atoms with E-state index >= 15 is 0 Å². The quantitative estimate of drug-likeness (QED) is 0.350. The van der Waals surface area contributed by atoms with Crippen LogP contribution in [-0.2, 0) is 16.0 Å². The summed E-state index contributed by atoms with van der Waals surface area (Å²) in [6.45, 7) is 2.63. The lowest BCUT2D eigenvalue weighted by molar-refractivity contribution is -0.117. The number of nitrogens with one attached hydrogen (secondary N) is 3. The molecule has 1 aromatic heterocycles. The molecule has 34 heavy (non-hydrogen) atoms. The van der Waals surface area contributed by atoms with E-state index in [9.17, 15) is 9.59 Å². The lowest BCUT2D eigenvalue weighted by Crippen LogP contribution is -2.21. The summed E-state index contributed by atoms with van der Waals surface area (Å²) in [5.41, 5.74) is 4.34. The fraction of sp³-hybridized carbons (Fsp3) is 0.292. The van der Waals surface area contributed by atoms with E-state index in [0.717, 1.165) is 22.5 Å². The summed E-state index contributed by atoms with van der Waals surface area (Å²) in [7, 11) is 1.96. The van der Waals surface area contributed by atoms with Crippen LogP contribution in [0.4, 0.5) is 11.4 Å². The molecule has 1 amide bonds. The van der Waals surface area contributed by atoms with Gasteiger partial charge >= 0.3 is 0 Å². The number of nitrogens with zero attached hydrogens (tertiary/aromatic N) is 3. The average Bonchev–Trinajstić information content (AvgIpc) is 3.13. The van der Waals surface area contributed by atoms with Crippen LogP contribution >= 0.6 is 24.4 Å². The van der Waals surface area contributed by atoms with Crippen LogP contribution in [0.25, 0.3) is 5.69 Å². The molecular formula is C24H26N6O2S2. The van der Waals surface area contributed by atoms with Gasteiger partial charge in [0.2, 0.25) is 5.91 Å². The predicted octanol–water partition coefficient (Wildman–Crippen LogP) is 4.78. The molecule has 0 aliphatic carbocycles. The monoisotopic (exact) mass is 494 g/mol. The molecule has 0 radical (unpaired) electrons. The molecule has 8 nitrogen and oxygen atoms in total. The molecule has 1 heterocycles. The molecule has 0 bridgehead atoms. The topological polar surface area (TPSA) is 110 Å². The number of benzene rings is 2. The number of carbonyl (C=O) groups is 2. The predicted molar refractivity (Wildman–Crippen MR) is 137 cm³/mol. The Hall–Kier alpha value is -3.55. The number of nitriles is 1. The zero-order valence-corrected chi connectivity index (χ0v) is 20.7. The van der Waals surface area contributed by atoms with Crippen molar-refractivity contribution >= 4 is 47.5 Å². The van der Waals surface area contributed by atoms with Crippen LogP contribution in [0, 0.1) is 27.8 Å². The highest BCUT2D eigenvalue weighted by atomic mass is 32.1. The molecule has 0 saturated carbocycles. The number of hydrogen-bond acceptors (Lipinski definition) is 6. The molecule has 176 valence electrons. The van der Waals surface area contributed by atoms with Gasteiger partial charge < -0.3 is 10.2 Å². The van der Waals surface area contributed by atoms with Crippen LogP contribution in [0.3, 0.4) is 0 Å². The molecule has 10 heteroatoms. The molecule has 0 aliphatic rings.